The van der Waals surface area contributed by atoms with Crippen molar-refractivity contribution in [2.45, 2.75) is 32.1 Å². The number of carboxylic acid groups (broad SMARTS) is 1. The van der Waals surface area contributed by atoms with Crippen molar-refractivity contribution in [3.8, 4) is 0 Å². The van der Waals surface area contributed by atoms with E-state index in [1.54, 1.807) is 5.32 Å². The topological polar surface area (TPSA) is 122 Å². The summed E-state index contributed by atoms with van der Waals surface area (Å²) < 4.78 is 4.73. The number of nitrogens with one attached hydrogen (secondary N) is 1. The molecule has 0 aliphatic heterocycles. The fourth-order valence-electron chi connectivity index (χ4n) is 0.963. The Morgan fingerprint density at radius 3 is 2.50 bits per heavy atom. The van der Waals surface area contributed by atoms with Crippen LogP contribution in [0.3, 0.4) is 0 Å². The van der Waals surface area contributed by atoms with Crippen LogP contribution in [0.25, 0.3) is 0 Å². The molecule has 0 fully saturated rings. The van der Waals surface area contributed by atoms with Gasteiger partial charge in [0.25, 0.3) is 0 Å². The Kier molecular flexibility index (Phi) is 6.63. The zero-order chi connectivity index (χ0) is 12.6. The van der Waals surface area contributed by atoms with Gasteiger partial charge in [-0.3, -0.25) is 10.1 Å². The van der Waals surface area contributed by atoms with E-state index < -0.39 is 24.3 Å². The molecule has 0 bridgehead atoms. The standard InChI is InChI=1S/C9H18N2O5/c1-2-3-4-5-16-9(15,8(13)14)11-7(12)6-10/h15H,2-6,10H2,1H3,(H,11,12)(H,13,14). The lowest BCUT2D eigenvalue weighted by Crippen LogP contribution is -2.58. The monoisotopic (exact) mass is 234 g/mol. The highest BCUT2D eigenvalue weighted by atomic mass is 16.7. The number of carboxylic acids is 1. The number of carbonyl (C=O) groups excluding carboxylic acids is 1. The van der Waals surface area contributed by atoms with Gasteiger partial charge in [-0.05, 0) is 6.42 Å². The van der Waals surface area contributed by atoms with E-state index in [9.17, 15) is 14.7 Å². The van der Waals surface area contributed by atoms with Gasteiger partial charge in [0.05, 0.1) is 13.2 Å². The molecule has 5 N–H and O–H groups in total. The first-order chi connectivity index (χ1) is 7.46. The number of rotatable bonds is 8. The molecule has 1 amide bonds. The van der Waals surface area contributed by atoms with Gasteiger partial charge in [-0.1, -0.05) is 19.8 Å². The summed E-state index contributed by atoms with van der Waals surface area (Å²) in [5.74, 6) is -5.17. The Labute approximate surface area is 93.6 Å². The molecule has 0 rings (SSSR count). The van der Waals surface area contributed by atoms with Crippen LogP contribution in [0.1, 0.15) is 26.2 Å². The van der Waals surface area contributed by atoms with Crippen molar-refractivity contribution in [2.24, 2.45) is 5.73 Å². The maximum absolute atomic E-state index is 10.9. The molecule has 0 saturated heterocycles. The Hall–Kier alpha value is -1.18. The summed E-state index contributed by atoms with van der Waals surface area (Å²) in [7, 11) is 0. The minimum atomic E-state index is -2.69. The molecule has 0 aliphatic rings. The van der Waals surface area contributed by atoms with Crippen molar-refractivity contribution >= 4 is 11.9 Å². The van der Waals surface area contributed by atoms with Crippen LogP contribution in [0.5, 0.6) is 0 Å². The molecule has 0 aromatic rings. The van der Waals surface area contributed by atoms with Gasteiger partial charge in [0.1, 0.15) is 0 Å². The number of carbonyl (C=O) groups is 2. The van der Waals surface area contributed by atoms with Gasteiger partial charge in [0.15, 0.2) is 0 Å². The van der Waals surface area contributed by atoms with Crippen LogP contribution in [0.2, 0.25) is 0 Å². The predicted octanol–water partition coefficient (Wildman–Crippen LogP) is -1.00. The molecule has 0 aromatic carbocycles. The van der Waals surface area contributed by atoms with Gasteiger partial charge < -0.3 is 20.7 Å². The summed E-state index contributed by atoms with van der Waals surface area (Å²) in [4.78, 5) is 21.6. The molecular weight excluding hydrogens is 216 g/mol. The largest absolute Gasteiger partial charge is 0.476 e. The van der Waals surface area contributed by atoms with Crippen LogP contribution in [-0.4, -0.2) is 41.2 Å². The Bertz CT molecular complexity index is 246. The molecule has 0 heterocycles. The zero-order valence-corrected chi connectivity index (χ0v) is 9.23. The number of unbranched alkanes of at least 4 members (excludes halogenated alkanes) is 2. The summed E-state index contributed by atoms with van der Waals surface area (Å²) in [5, 5.41) is 20.0. The van der Waals surface area contributed by atoms with Crippen LogP contribution in [0.15, 0.2) is 0 Å². The van der Waals surface area contributed by atoms with Gasteiger partial charge in [-0.2, -0.15) is 0 Å². The fourth-order valence-corrected chi connectivity index (χ4v) is 0.963. The summed E-state index contributed by atoms with van der Waals surface area (Å²) >= 11 is 0. The molecule has 0 radical (unpaired) electrons. The van der Waals surface area contributed by atoms with Crippen molar-refractivity contribution in [3.63, 3.8) is 0 Å². The maximum atomic E-state index is 10.9. The van der Waals surface area contributed by atoms with E-state index in [-0.39, 0.29) is 6.61 Å². The van der Waals surface area contributed by atoms with E-state index >= 15 is 0 Å². The lowest BCUT2D eigenvalue weighted by molar-refractivity contribution is -0.236. The van der Waals surface area contributed by atoms with Gasteiger partial charge in [-0.15, -0.1) is 0 Å². The molecule has 16 heavy (non-hydrogen) atoms. The van der Waals surface area contributed by atoms with Crippen LogP contribution >= 0.6 is 0 Å². The van der Waals surface area contributed by atoms with Crippen molar-refractivity contribution in [3.05, 3.63) is 0 Å². The lowest BCUT2D eigenvalue weighted by Gasteiger charge is -2.24. The third-order valence-corrected chi connectivity index (χ3v) is 1.84. The molecule has 1 unspecified atom stereocenters. The lowest BCUT2D eigenvalue weighted by atomic mass is 10.3. The average Bonchev–Trinajstić information content (AvgIpc) is 2.24. The number of nitrogens with two attached hydrogens (primary N) is 1. The van der Waals surface area contributed by atoms with E-state index in [0.717, 1.165) is 12.8 Å². The molecule has 7 nitrogen and oxygen atoms in total. The molecule has 0 saturated carbocycles. The van der Waals surface area contributed by atoms with Gasteiger partial charge in [-0.25, -0.2) is 4.79 Å². The molecule has 0 spiro atoms. The third-order valence-electron chi connectivity index (χ3n) is 1.84. The Balaban J connectivity index is 4.23. The minimum absolute atomic E-state index is 0.0431. The Morgan fingerprint density at radius 2 is 2.06 bits per heavy atom. The first kappa shape index (κ1) is 14.8. The van der Waals surface area contributed by atoms with Crippen molar-refractivity contribution in [1.29, 1.82) is 0 Å². The molecule has 0 aliphatic carbocycles. The van der Waals surface area contributed by atoms with E-state index in [1.807, 2.05) is 6.92 Å². The normalized spacial score (nSPS) is 14.2. The summed E-state index contributed by atoms with van der Waals surface area (Å²) in [6, 6.07) is 0. The molecular formula is C9H18N2O5. The Morgan fingerprint density at radius 1 is 1.44 bits per heavy atom. The molecule has 94 valence electrons. The zero-order valence-electron chi connectivity index (χ0n) is 9.23. The second-order valence-electron chi connectivity index (χ2n) is 3.26. The van der Waals surface area contributed by atoms with Crippen LogP contribution < -0.4 is 11.1 Å². The number of hydrogen-bond donors (Lipinski definition) is 4. The highest BCUT2D eigenvalue weighted by molar-refractivity contribution is 5.85. The fraction of sp³-hybridized carbons (Fsp3) is 0.778. The summed E-state index contributed by atoms with van der Waals surface area (Å²) in [5.41, 5.74) is 4.98. The maximum Gasteiger partial charge on any atom is 0.387 e. The SMILES string of the molecule is CCCCCOC(O)(NC(=O)CN)C(=O)O. The first-order valence-electron chi connectivity index (χ1n) is 5.07. The summed E-state index contributed by atoms with van der Waals surface area (Å²) in [6.45, 7) is 1.59. The van der Waals surface area contributed by atoms with E-state index in [2.05, 4.69) is 0 Å². The number of amides is 1. The number of ether oxygens (including phenoxy) is 1. The van der Waals surface area contributed by atoms with Crippen LogP contribution in [0, 0.1) is 0 Å². The van der Waals surface area contributed by atoms with Crippen LogP contribution in [0.4, 0.5) is 0 Å². The minimum Gasteiger partial charge on any atom is -0.476 e. The first-order valence-corrected chi connectivity index (χ1v) is 5.07. The molecule has 1 atom stereocenters. The van der Waals surface area contributed by atoms with Gasteiger partial charge >= 0.3 is 11.9 Å². The van der Waals surface area contributed by atoms with Gasteiger partial charge in [0.2, 0.25) is 5.91 Å². The van der Waals surface area contributed by atoms with Gasteiger partial charge in [0, 0.05) is 0 Å². The van der Waals surface area contributed by atoms with Crippen molar-refractivity contribution < 1.29 is 24.5 Å². The average molecular weight is 234 g/mol. The van der Waals surface area contributed by atoms with Crippen molar-refractivity contribution in [1.82, 2.24) is 5.32 Å². The smallest absolute Gasteiger partial charge is 0.387 e. The second-order valence-corrected chi connectivity index (χ2v) is 3.26. The second kappa shape index (κ2) is 7.15. The highest BCUT2D eigenvalue weighted by Gasteiger charge is 2.39. The number of aliphatic carboxylic acids is 1. The van der Waals surface area contributed by atoms with E-state index in [1.165, 1.54) is 0 Å². The van der Waals surface area contributed by atoms with E-state index in [0.29, 0.717) is 6.42 Å². The quantitative estimate of drug-likeness (QED) is 0.315. The molecule has 7 heteroatoms. The summed E-state index contributed by atoms with van der Waals surface area (Å²) in [6.07, 6.45) is 2.38. The highest BCUT2D eigenvalue weighted by Crippen LogP contribution is 2.05. The number of aliphatic hydroxyl groups is 1. The van der Waals surface area contributed by atoms with E-state index in [4.69, 9.17) is 15.6 Å². The van der Waals surface area contributed by atoms with Crippen LogP contribution in [-0.2, 0) is 14.3 Å². The van der Waals surface area contributed by atoms with Crippen molar-refractivity contribution in [2.75, 3.05) is 13.2 Å². The predicted molar refractivity (Wildman–Crippen MR) is 55.3 cm³/mol. The number of hydrogen-bond acceptors (Lipinski definition) is 5. The third kappa shape index (κ3) is 5.06. The molecule has 0 aromatic heterocycles.